The van der Waals surface area contributed by atoms with Gasteiger partial charge < -0.3 is 15.4 Å². The molecule has 0 saturated carbocycles. The molecule has 4 nitrogen and oxygen atoms in total. The molecule has 0 atom stereocenters. The summed E-state index contributed by atoms with van der Waals surface area (Å²) < 4.78 is 5.41. The zero-order valence-corrected chi connectivity index (χ0v) is 11.6. The van der Waals surface area contributed by atoms with Gasteiger partial charge in [-0.25, -0.2) is 0 Å². The second-order valence-electron chi connectivity index (χ2n) is 5.57. The summed E-state index contributed by atoms with van der Waals surface area (Å²) in [4.78, 5) is 14.6. The predicted molar refractivity (Wildman–Crippen MR) is 81.2 cm³/mol. The van der Waals surface area contributed by atoms with E-state index < -0.39 is 0 Å². The van der Waals surface area contributed by atoms with Gasteiger partial charge in [-0.15, -0.1) is 0 Å². The Morgan fingerprint density at radius 3 is 2.76 bits per heavy atom. The summed E-state index contributed by atoms with van der Waals surface area (Å²) >= 11 is 0. The minimum atomic E-state index is 0.0362. The van der Waals surface area contributed by atoms with Crippen molar-refractivity contribution in [3.8, 4) is 0 Å². The second-order valence-corrected chi connectivity index (χ2v) is 5.57. The molecule has 2 aromatic rings. The maximum absolute atomic E-state index is 12.8. The molecular formula is C17H16N2O2. The molecule has 0 unspecified atom stereocenters. The van der Waals surface area contributed by atoms with Gasteiger partial charge >= 0.3 is 0 Å². The molecule has 4 rings (SSSR count). The monoisotopic (exact) mass is 280 g/mol. The first-order chi connectivity index (χ1) is 10.2. The molecule has 2 heterocycles. The first-order valence-electron chi connectivity index (χ1n) is 7.12. The number of anilines is 2. The summed E-state index contributed by atoms with van der Waals surface area (Å²) in [6.07, 6.45) is 0.884. The van der Waals surface area contributed by atoms with Gasteiger partial charge in [-0.2, -0.15) is 0 Å². The molecule has 2 aliphatic heterocycles. The van der Waals surface area contributed by atoms with E-state index in [1.165, 1.54) is 11.1 Å². The molecule has 1 amide bonds. The van der Waals surface area contributed by atoms with Crippen LogP contribution in [0.4, 0.5) is 11.4 Å². The fourth-order valence-corrected chi connectivity index (χ4v) is 3.07. The van der Waals surface area contributed by atoms with E-state index in [9.17, 15) is 4.79 Å². The third-order valence-electron chi connectivity index (χ3n) is 4.22. The van der Waals surface area contributed by atoms with Gasteiger partial charge in [0.15, 0.2) is 0 Å². The number of nitrogens with two attached hydrogens (primary N) is 1. The Bertz CT molecular complexity index is 740. The molecule has 106 valence electrons. The zero-order valence-electron chi connectivity index (χ0n) is 11.6. The van der Waals surface area contributed by atoms with Crippen molar-refractivity contribution < 1.29 is 9.53 Å². The number of nitrogens with zero attached hydrogens (tertiary/aromatic N) is 1. The maximum atomic E-state index is 12.8. The summed E-state index contributed by atoms with van der Waals surface area (Å²) in [7, 11) is 0. The Morgan fingerprint density at radius 2 is 1.86 bits per heavy atom. The average Bonchev–Trinajstić information content (AvgIpc) is 3.11. The number of nitrogen functional groups attached to an aromatic ring is 1. The Hall–Kier alpha value is -2.33. The van der Waals surface area contributed by atoms with Crippen LogP contribution in [-0.4, -0.2) is 12.5 Å². The van der Waals surface area contributed by atoms with Crippen molar-refractivity contribution in [1.82, 2.24) is 0 Å². The largest absolute Gasteiger partial charge is 0.399 e. The van der Waals surface area contributed by atoms with Gasteiger partial charge in [-0.1, -0.05) is 12.1 Å². The Labute approximate surface area is 123 Å². The van der Waals surface area contributed by atoms with Crippen LogP contribution >= 0.6 is 0 Å². The van der Waals surface area contributed by atoms with Crippen LogP contribution < -0.4 is 10.6 Å². The van der Waals surface area contributed by atoms with Crippen LogP contribution in [-0.2, 0) is 24.4 Å². The quantitative estimate of drug-likeness (QED) is 0.817. The Balaban J connectivity index is 1.69. The number of hydrogen-bond donors (Lipinski definition) is 1. The first kappa shape index (κ1) is 12.4. The van der Waals surface area contributed by atoms with Gasteiger partial charge in [0, 0.05) is 23.5 Å². The van der Waals surface area contributed by atoms with Gasteiger partial charge in [-0.3, -0.25) is 4.79 Å². The highest BCUT2D eigenvalue weighted by molar-refractivity contribution is 6.07. The van der Waals surface area contributed by atoms with Crippen LogP contribution in [0.15, 0.2) is 36.4 Å². The van der Waals surface area contributed by atoms with Gasteiger partial charge in [0.25, 0.3) is 5.91 Å². The van der Waals surface area contributed by atoms with Gasteiger partial charge in [0.1, 0.15) is 0 Å². The third kappa shape index (κ3) is 1.99. The summed E-state index contributed by atoms with van der Waals surface area (Å²) in [6, 6.07) is 11.6. The number of amides is 1. The van der Waals surface area contributed by atoms with E-state index in [0.717, 1.165) is 23.2 Å². The van der Waals surface area contributed by atoms with E-state index in [2.05, 4.69) is 0 Å². The van der Waals surface area contributed by atoms with Crippen LogP contribution in [0.5, 0.6) is 0 Å². The molecule has 21 heavy (non-hydrogen) atoms. The lowest BCUT2D eigenvalue weighted by Crippen LogP contribution is -2.29. The molecule has 2 N–H and O–H groups in total. The summed E-state index contributed by atoms with van der Waals surface area (Å²) in [5.41, 5.74) is 11.7. The van der Waals surface area contributed by atoms with Crippen molar-refractivity contribution >= 4 is 17.3 Å². The van der Waals surface area contributed by atoms with Gasteiger partial charge in [0.2, 0.25) is 0 Å². The van der Waals surface area contributed by atoms with Crippen molar-refractivity contribution in [3.05, 3.63) is 58.7 Å². The number of rotatable bonds is 1. The predicted octanol–water partition coefficient (Wildman–Crippen LogP) is 2.50. The standard InChI is InChI=1S/C17H16N2O2/c18-15-4-3-11-5-6-19(16(11)8-15)17(20)12-1-2-13-9-21-10-14(13)7-12/h1-4,7-8H,5-6,9-10,18H2. The number of benzene rings is 2. The number of fused-ring (bicyclic) bond motifs is 2. The lowest BCUT2D eigenvalue weighted by atomic mass is 10.1. The normalized spacial score (nSPS) is 15.9. The van der Waals surface area contributed by atoms with Crippen LogP contribution in [0.3, 0.4) is 0 Å². The Morgan fingerprint density at radius 1 is 1.05 bits per heavy atom. The van der Waals surface area contributed by atoms with E-state index in [0.29, 0.717) is 25.4 Å². The third-order valence-corrected chi connectivity index (χ3v) is 4.22. The van der Waals surface area contributed by atoms with Crippen LogP contribution in [0, 0.1) is 0 Å². The molecule has 0 radical (unpaired) electrons. The minimum absolute atomic E-state index is 0.0362. The Kier molecular flexibility index (Phi) is 2.72. The molecule has 0 saturated heterocycles. The van der Waals surface area contributed by atoms with E-state index in [1.807, 2.05) is 41.3 Å². The highest BCUT2D eigenvalue weighted by atomic mass is 16.5. The number of carbonyl (C=O) groups is 1. The second kappa shape index (κ2) is 4.60. The summed E-state index contributed by atoms with van der Waals surface area (Å²) in [5.74, 6) is 0.0362. The zero-order chi connectivity index (χ0) is 14.4. The molecule has 4 heteroatoms. The smallest absolute Gasteiger partial charge is 0.258 e. The van der Waals surface area contributed by atoms with Crippen molar-refractivity contribution in [3.63, 3.8) is 0 Å². The molecule has 0 fully saturated rings. The lowest BCUT2D eigenvalue weighted by Gasteiger charge is -2.18. The van der Waals surface area contributed by atoms with Gasteiger partial charge in [0.05, 0.1) is 13.2 Å². The first-order valence-corrected chi connectivity index (χ1v) is 7.12. The minimum Gasteiger partial charge on any atom is -0.399 e. The van der Waals surface area contributed by atoms with E-state index in [4.69, 9.17) is 10.5 Å². The van der Waals surface area contributed by atoms with Crippen molar-refractivity contribution in [2.75, 3.05) is 17.2 Å². The topological polar surface area (TPSA) is 55.6 Å². The SMILES string of the molecule is Nc1ccc2c(c1)N(C(=O)c1ccc3c(c1)COC3)CC2. The fraction of sp³-hybridized carbons (Fsp3) is 0.235. The van der Waals surface area contributed by atoms with Crippen LogP contribution in [0.2, 0.25) is 0 Å². The van der Waals surface area contributed by atoms with Crippen LogP contribution in [0.1, 0.15) is 27.0 Å². The van der Waals surface area contributed by atoms with Gasteiger partial charge in [-0.05, 0) is 47.4 Å². The highest BCUT2D eigenvalue weighted by Gasteiger charge is 2.26. The molecule has 0 spiro atoms. The van der Waals surface area contributed by atoms with E-state index >= 15 is 0 Å². The number of carbonyl (C=O) groups excluding carboxylic acids is 1. The van der Waals surface area contributed by atoms with Crippen molar-refractivity contribution in [2.24, 2.45) is 0 Å². The van der Waals surface area contributed by atoms with E-state index in [1.54, 1.807) is 0 Å². The highest BCUT2D eigenvalue weighted by Crippen LogP contribution is 2.31. The van der Waals surface area contributed by atoms with Crippen molar-refractivity contribution in [1.29, 1.82) is 0 Å². The fourth-order valence-electron chi connectivity index (χ4n) is 3.07. The van der Waals surface area contributed by atoms with E-state index in [-0.39, 0.29) is 5.91 Å². The summed E-state index contributed by atoms with van der Waals surface area (Å²) in [6.45, 7) is 1.96. The molecule has 2 aromatic carbocycles. The average molecular weight is 280 g/mol. The lowest BCUT2D eigenvalue weighted by molar-refractivity contribution is 0.0989. The molecule has 0 aliphatic carbocycles. The summed E-state index contributed by atoms with van der Waals surface area (Å²) in [5, 5.41) is 0. The molecular weight excluding hydrogens is 264 g/mol. The number of ether oxygens (including phenoxy) is 1. The maximum Gasteiger partial charge on any atom is 0.258 e. The molecule has 2 aliphatic rings. The van der Waals surface area contributed by atoms with Crippen molar-refractivity contribution in [2.45, 2.75) is 19.6 Å². The van der Waals surface area contributed by atoms with Crippen LogP contribution in [0.25, 0.3) is 0 Å². The number of hydrogen-bond acceptors (Lipinski definition) is 3. The molecule has 0 bridgehead atoms. The molecule has 0 aromatic heterocycles.